The lowest BCUT2D eigenvalue weighted by Gasteiger charge is -2.32. The number of methoxy groups -OCH3 is 1. The Hall–Kier alpha value is -1.60. The molecule has 7 heteroatoms. The zero-order valence-corrected chi connectivity index (χ0v) is 14.9. The lowest BCUT2D eigenvalue weighted by molar-refractivity contribution is 0.00578. The Morgan fingerprint density at radius 3 is 2.26 bits per heavy atom. The van der Waals surface area contributed by atoms with Gasteiger partial charge in [-0.15, -0.1) is 0 Å². The number of nitrogens with zero attached hydrogens (tertiary/aromatic N) is 1. The number of anilines is 1. The van der Waals surface area contributed by atoms with Crippen molar-refractivity contribution >= 4 is 24.4 Å². The third kappa shape index (κ3) is 3.51. The van der Waals surface area contributed by atoms with Crippen LogP contribution in [0.25, 0.3) is 0 Å². The maximum Gasteiger partial charge on any atom is 0.498 e. The van der Waals surface area contributed by atoms with Crippen LogP contribution in [0, 0.1) is 0 Å². The first-order valence-corrected chi connectivity index (χ1v) is 7.79. The maximum atomic E-state index is 11.7. The molecule has 6 nitrogen and oxygen atoms in total. The van der Waals surface area contributed by atoms with Crippen LogP contribution in [0.5, 0.6) is 0 Å². The number of ether oxygens (including phenoxy) is 1. The zero-order valence-electron chi connectivity index (χ0n) is 14.9. The molecule has 1 aliphatic heterocycles. The molecule has 1 N–H and O–H groups in total. The normalized spacial score (nSPS) is 19.0. The molecule has 0 unspecified atom stereocenters. The molecule has 0 aromatic carbocycles. The van der Waals surface area contributed by atoms with Crippen LogP contribution in [0.4, 0.5) is 5.82 Å². The molecule has 1 fully saturated rings. The predicted octanol–water partition coefficient (Wildman–Crippen LogP) is 1.99. The molecule has 2 heterocycles. The molecule has 2 rings (SSSR count). The van der Waals surface area contributed by atoms with Gasteiger partial charge in [0.1, 0.15) is 5.82 Å². The van der Waals surface area contributed by atoms with Crippen LogP contribution >= 0.6 is 0 Å². The highest BCUT2D eigenvalue weighted by Gasteiger charge is 2.52. The van der Waals surface area contributed by atoms with Crippen molar-refractivity contribution in [2.24, 2.45) is 0 Å². The first kappa shape index (κ1) is 17.8. The van der Waals surface area contributed by atoms with Gasteiger partial charge in [0.15, 0.2) is 5.69 Å². The van der Waals surface area contributed by atoms with E-state index < -0.39 is 24.3 Å². The Morgan fingerprint density at radius 2 is 1.78 bits per heavy atom. The molecule has 1 aromatic heterocycles. The minimum absolute atomic E-state index is 0.150. The topological polar surface area (TPSA) is 69.7 Å². The summed E-state index contributed by atoms with van der Waals surface area (Å²) in [7, 11) is 0.794. The Bertz CT molecular complexity index is 586. The second-order valence-corrected chi connectivity index (χ2v) is 7.01. The van der Waals surface area contributed by atoms with E-state index >= 15 is 0 Å². The average Bonchev–Trinajstić information content (AvgIpc) is 2.65. The molecule has 0 spiro atoms. The molecule has 1 aliphatic rings. The van der Waals surface area contributed by atoms with Gasteiger partial charge in [-0.1, -0.05) is 6.07 Å². The summed E-state index contributed by atoms with van der Waals surface area (Å²) < 4.78 is 16.9. The number of aromatic nitrogens is 1. The van der Waals surface area contributed by atoms with Gasteiger partial charge in [-0.05, 0) is 47.6 Å². The Balaban J connectivity index is 2.40. The third-order valence-electron chi connectivity index (χ3n) is 4.25. The first-order chi connectivity index (χ1) is 10.6. The Morgan fingerprint density at radius 1 is 1.22 bits per heavy atom. The van der Waals surface area contributed by atoms with Gasteiger partial charge in [0.05, 0.1) is 18.3 Å². The van der Waals surface area contributed by atoms with E-state index in [9.17, 15) is 4.79 Å². The summed E-state index contributed by atoms with van der Waals surface area (Å²) in [6.45, 7) is 12.0. The third-order valence-corrected chi connectivity index (χ3v) is 4.25. The monoisotopic (exact) mass is 320 g/mol. The summed E-state index contributed by atoms with van der Waals surface area (Å²) in [6, 6.07) is 3.57. The van der Waals surface area contributed by atoms with Gasteiger partial charge < -0.3 is 19.4 Å². The van der Waals surface area contributed by atoms with E-state index in [1.54, 1.807) is 12.1 Å². The Labute approximate surface area is 138 Å². The lowest BCUT2D eigenvalue weighted by atomic mass is 9.79. The van der Waals surface area contributed by atoms with Gasteiger partial charge in [-0.25, -0.2) is 9.78 Å². The van der Waals surface area contributed by atoms with E-state index in [0.717, 1.165) is 5.46 Å². The molecule has 0 atom stereocenters. The van der Waals surface area contributed by atoms with Crippen LogP contribution < -0.4 is 10.8 Å². The van der Waals surface area contributed by atoms with Crippen molar-refractivity contribution in [2.75, 3.05) is 12.4 Å². The van der Waals surface area contributed by atoms with Gasteiger partial charge in [-0.2, -0.15) is 0 Å². The van der Waals surface area contributed by atoms with E-state index in [2.05, 4.69) is 10.3 Å². The Kier molecular flexibility index (Phi) is 4.73. The van der Waals surface area contributed by atoms with Crippen molar-refractivity contribution in [3.63, 3.8) is 0 Å². The summed E-state index contributed by atoms with van der Waals surface area (Å²) in [5.74, 6) is 0.0960. The number of nitrogens with one attached hydrogen (secondary N) is 1. The molecular weight excluding hydrogens is 295 g/mol. The van der Waals surface area contributed by atoms with Crippen LogP contribution in [0.2, 0.25) is 0 Å². The minimum atomic E-state index is -0.541. The van der Waals surface area contributed by atoms with E-state index in [1.807, 2.05) is 41.5 Å². The molecule has 0 radical (unpaired) electrons. The van der Waals surface area contributed by atoms with Gasteiger partial charge in [0, 0.05) is 11.5 Å². The number of carbonyl (C=O) groups is 1. The number of hydrogen-bond acceptors (Lipinski definition) is 6. The number of carbonyl (C=O) groups excluding carboxylic acids is 1. The lowest BCUT2D eigenvalue weighted by Crippen LogP contribution is -2.41. The number of hydrogen-bond donors (Lipinski definition) is 1. The summed E-state index contributed by atoms with van der Waals surface area (Å²) >= 11 is 0. The first-order valence-electron chi connectivity index (χ1n) is 7.79. The van der Waals surface area contributed by atoms with Crippen LogP contribution in [-0.4, -0.2) is 42.4 Å². The average molecular weight is 320 g/mol. The minimum Gasteiger partial charge on any atom is -0.464 e. The molecule has 0 bridgehead atoms. The smallest absolute Gasteiger partial charge is 0.464 e. The van der Waals surface area contributed by atoms with E-state index in [1.165, 1.54) is 7.11 Å². The number of pyridine rings is 1. The van der Waals surface area contributed by atoms with E-state index in [-0.39, 0.29) is 11.7 Å². The van der Waals surface area contributed by atoms with Crippen LogP contribution in [0.15, 0.2) is 12.1 Å². The molecule has 23 heavy (non-hydrogen) atoms. The number of esters is 1. The van der Waals surface area contributed by atoms with Crippen LogP contribution in [0.3, 0.4) is 0 Å². The SMILES string of the molecule is COC(=O)c1ccc(B2OC(C)(C)C(C)(C)O2)c(NC(C)C)n1. The zero-order chi connectivity index (χ0) is 17.4. The van der Waals surface area contributed by atoms with Crippen molar-refractivity contribution in [1.82, 2.24) is 4.98 Å². The summed E-state index contributed by atoms with van der Waals surface area (Å²) in [6.07, 6.45) is 0. The fourth-order valence-corrected chi connectivity index (χ4v) is 2.24. The van der Waals surface area contributed by atoms with Gasteiger partial charge in [0.2, 0.25) is 0 Å². The second-order valence-electron chi connectivity index (χ2n) is 7.01. The maximum absolute atomic E-state index is 11.7. The second kappa shape index (κ2) is 6.13. The van der Waals surface area contributed by atoms with Crippen LogP contribution in [0.1, 0.15) is 52.0 Å². The molecule has 0 amide bonds. The number of rotatable bonds is 4. The summed E-state index contributed by atoms with van der Waals surface area (Å²) in [4.78, 5) is 16.1. The standard InChI is InChI=1S/C16H25BN2O4/c1-10(2)18-13-11(8-9-12(19-13)14(20)21-7)17-22-15(3,4)16(5,6)23-17/h8-10H,1-7H3,(H,18,19). The molecule has 1 aromatic rings. The molecule has 0 aliphatic carbocycles. The quantitative estimate of drug-likeness (QED) is 0.676. The molecule has 1 saturated heterocycles. The van der Waals surface area contributed by atoms with E-state index in [0.29, 0.717) is 5.82 Å². The highest BCUT2D eigenvalue weighted by molar-refractivity contribution is 6.63. The van der Waals surface area contributed by atoms with Crippen molar-refractivity contribution in [1.29, 1.82) is 0 Å². The van der Waals surface area contributed by atoms with E-state index in [4.69, 9.17) is 14.0 Å². The van der Waals surface area contributed by atoms with Gasteiger partial charge >= 0.3 is 13.1 Å². The summed E-state index contributed by atoms with van der Waals surface area (Å²) in [5, 5.41) is 3.25. The van der Waals surface area contributed by atoms with Gasteiger partial charge in [-0.3, -0.25) is 0 Å². The predicted molar refractivity (Wildman–Crippen MR) is 90.1 cm³/mol. The van der Waals surface area contributed by atoms with Crippen molar-refractivity contribution in [3.8, 4) is 0 Å². The summed E-state index contributed by atoms with van der Waals surface area (Å²) in [5.41, 5.74) is 0.141. The molecule has 126 valence electrons. The van der Waals surface area contributed by atoms with Crippen molar-refractivity contribution in [2.45, 2.75) is 58.8 Å². The fraction of sp³-hybridized carbons (Fsp3) is 0.625. The largest absolute Gasteiger partial charge is 0.498 e. The van der Waals surface area contributed by atoms with Crippen molar-refractivity contribution in [3.05, 3.63) is 17.8 Å². The molecule has 0 saturated carbocycles. The fourth-order valence-electron chi connectivity index (χ4n) is 2.24. The highest BCUT2D eigenvalue weighted by Crippen LogP contribution is 2.36. The highest BCUT2D eigenvalue weighted by atomic mass is 16.7. The van der Waals surface area contributed by atoms with Crippen LogP contribution in [-0.2, 0) is 14.0 Å². The van der Waals surface area contributed by atoms with Crippen molar-refractivity contribution < 1.29 is 18.8 Å². The van der Waals surface area contributed by atoms with Gasteiger partial charge in [0.25, 0.3) is 0 Å². The molecular formula is C16H25BN2O4.